The number of nitrogens with one attached hydrogen (secondary N) is 1. The average molecular weight is 272 g/mol. The number of carbonyl (C=O) groups excluding carboxylic acids is 1. The lowest BCUT2D eigenvalue weighted by molar-refractivity contribution is -0.118. The molecular weight excluding hydrogens is 254 g/mol. The molecule has 1 amide bonds. The van der Waals surface area contributed by atoms with Gasteiger partial charge in [-0.25, -0.2) is 0 Å². The van der Waals surface area contributed by atoms with Crippen LogP contribution in [-0.2, 0) is 4.79 Å². The summed E-state index contributed by atoms with van der Waals surface area (Å²) in [6.45, 7) is 0.984. The van der Waals surface area contributed by atoms with Gasteiger partial charge < -0.3 is 15.8 Å². The van der Waals surface area contributed by atoms with E-state index in [1.54, 1.807) is 0 Å². The van der Waals surface area contributed by atoms with E-state index < -0.39 is 12.7 Å². The number of carbonyl (C=O) groups is 1. The van der Waals surface area contributed by atoms with Crippen molar-refractivity contribution in [3.8, 4) is 5.75 Å². The van der Waals surface area contributed by atoms with Crippen LogP contribution in [0.15, 0.2) is 24.3 Å². The zero-order valence-corrected chi connectivity index (χ0v) is 10.9. The minimum absolute atomic E-state index is 0.0409. The monoisotopic (exact) mass is 272 g/mol. The van der Waals surface area contributed by atoms with Crippen LogP contribution in [0.4, 0.5) is 14.5 Å². The van der Waals surface area contributed by atoms with Gasteiger partial charge in [-0.2, -0.15) is 8.78 Å². The molecule has 1 aromatic carbocycles. The van der Waals surface area contributed by atoms with E-state index in [4.69, 9.17) is 5.73 Å². The number of halogens is 2. The van der Waals surface area contributed by atoms with E-state index in [1.807, 2.05) is 13.8 Å². The van der Waals surface area contributed by atoms with Gasteiger partial charge in [-0.1, -0.05) is 20.3 Å². The van der Waals surface area contributed by atoms with Crippen LogP contribution in [0.2, 0.25) is 0 Å². The molecule has 1 rings (SSSR count). The van der Waals surface area contributed by atoms with Gasteiger partial charge in [0.25, 0.3) is 0 Å². The highest BCUT2D eigenvalue weighted by molar-refractivity contribution is 5.94. The standard InChI is InChI=1S/C13H18F2N2O2/c1-3-8(2)11(16)12(18)17-9-4-6-10(7-5-9)19-13(14)15/h4-8,11,13H,3,16H2,1-2H3,(H,17,18). The third kappa shape index (κ3) is 4.82. The van der Waals surface area contributed by atoms with Gasteiger partial charge in [0.1, 0.15) is 5.75 Å². The van der Waals surface area contributed by atoms with Crippen LogP contribution in [0.3, 0.4) is 0 Å². The molecule has 3 N–H and O–H groups in total. The summed E-state index contributed by atoms with van der Waals surface area (Å²) in [7, 11) is 0. The fraction of sp³-hybridized carbons (Fsp3) is 0.462. The number of amides is 1. The Bertz CT molecular complexity index is 410. The van der Waals surface area contributed by atoms with Gasteiger partial charge in [0, 0.05) is 5.69 Å². The Labute approximate surface area is 110 Å². The smallest absolute Gasteiger partial charge is 0.387 e. The number of ether oxygens (including phenoxy) is 1. The predicted octanol–water partition coefficient (Wildman–Crippen LogP) is 2.60. The number of rotatable bonds is 6. The maximum Gasteiger partial charge on any atom is 0.387 e. The summed E-state index contributed by atoms with van der Waals surface area (Å²) < 4.78 is 28.1. The Balaban J connectivity index is 2.60. The molecule has 0 aromatic heterocycles. The summed E-state index contributed by atoms with van der Waals surface area (Å²) in [5.41, 5.74) is 6.27. The summed E-state index contributed by atoms with van der Waals surface area (Å²) in [5.74, 6) is -0.183. The van der Waals surface area contributed by atoms with Gasteiger partial charge in [0.05, 0.1) is 6.04 Å². The number of anilines is 1. The van der Waals surface area contributed by atoms with E-state index in [1.165, 1.54) is 24.3 Å². The molecule has 2 unspecified atom stereocenters. The molecule has 19 heavy (non-hydrogen) atoms. The highest BCUT2D eigenvalue weighted by Crippen LogP contribution is 2.18. The molecule has 0 fully saturated rings. The van der Waals surface area contributed by atoms with Crippen LogP contribution < -0.4 is 15.8 Å². The molecule has 106 valence electrons. The van der Waals surface area contributed by atoms with Crippen LogP contribution in [0.5, 0.6) is 5.75 Å². The second kappa shape index (κ2) is 7.04. The van der Waals surface area contributed by atoms with Crippen molar-refractivity contribution in [2.24, 2.45) is 11.7 Å². The minimum Gasteiger partial charge on any atom is -0.435 e. The third-order valence-corrected chi connectivity index (χ3v) is 2.91. The van der Waals surface area contributed by atoms with E-state index in [0.29, 0.717) is 5.69 Å². The number of alkyl halides is 2. The fourth-order valence-corrected chi connectivity index (χ4v) is 1.46. The lowest BCUT2D eigenvalue weighted by atomic mass is 9.99. The maximum atomic E-state index is 12.0. The fourth-order valence-electron chi connectivity index (χ4n) is 1.46. The summed E-state index contributed by atoms with van der Waals surface area (Å²) in [4.78, 5) is 11.8. The van der Waals surface area contributed by atoms with Gasteiger partial charge in [-0.15, -0.1) is 0 Å². The zero-order valence-electron chi connectivity index (χ0n) is 10.9. The van der Waals surface area contributed by atoms with Crippen molar-refractivity contribution in [3.63, 3.8) is 0 Å². The summed E-state index contributed by atoms with van der Waals surface area (Å²) in [5, 5.41) is 2.63. The SMILES string of the molecule is CCC(C)C(N)C(=O)Nc1ccc(OC(F)F)cc1. The molecule has 0 heterocycles. The first kappa shape index (κ1) is 15.4. The van der Waals surface area contributed by atoms with Crippen molar-refractivity contribution < 1.29 is 18.3 Å². The lowest BCUT2D eigenvalue weighted by Gasteiger charge is -2.17. The molecule has 2 atom stereocenters. The Kier molecular flexibility index (Phi) is 5.69. The van der Waals surface area contributed by atoms with Gasteiger partial charge in [-0.3, -0.25) is 4.79 Å². The molecule has 0 aliphatic rings. The van der Waals surface area contributed by atoms with Crippen molar-refractivity contribution in [3.05, 3.63) is 24.3 Å². The second-order valence-corrected chi connectivity index (χ2v) is 4.30. The molecule has 0 aliphatic heterocycles. The normalized spacial score (nSPS) is 14.0. The second-order valence-electron chi connectivity index (χ2n) is 4.30. The summed E-state index contributed by atoms with van der Waals surface area (Å²) >= 11 is 0. The Morgan fingerprint density at radius 3 is 2.42 bits per heavy atom. The Hall–Kier alpha value is -1.69. The molecule has 4 nitrogen and oxygen atoms in total. The van der Waals surface area contributed by atoms with E-state index in [2.05, 4.69) is 10.1 Å². The highest BCUT2D eigenvalue weighted by Gasteiger charge is 2.19. The van der Waals surface area contributed by atoms with Gasteiger partial charge >= 0.3 is 6.61 Å². The zero-order chi connectivity index (χ0) is 14.4. The van der Waals surface area contributed by atoms with Crippen LogP contribution in [0.25, 0.3) is 0 Å². The summed E-state index contributed by atoms with van der Waals surface area (Å²) in [6.07, 6.45) is 0.801. The largest absolute Gasteiger partial charge is 0.435 e. The first-order chi connectivity index (χ1) is 8.93. The van der Waals surface area contributed by atoms with E-state index >= 15 is 0 Å². The quantitative estimate of drug-likeness (QED) is 0.836. The average Bonchev–Trinajstić information content (AvgIpc) is 2.38. The Morgan fingerprint density at radius 1 is 1.37 bits per heavy atom. The summed E-state index contributed by atoms with van der Waals surface area (Å²) in [6, 6.07) is 5.09. The van der Waals surface area contributed by atoms with Crippen LogP contribution in [0.1, 0.15) is 20.3 Å². The maximum absolute atomic E-state index is 12.0. The lowest BCUT2D eigenvalue weighted by Crippen LogP contribution is -2.40. The van der Waals surface area contributed by atoms with Crippen LogP contribution >= 0.6 is 0 Å². The highest BCUT2D eigenvalue weighted by atomic mass is 19.3. The Morgan fingerprint density at radius 2 is 1.95 bits per heavy atom. The first-order valence-corrected chi connectivity index (χ1v) is 6.05. The number of benzene rings is 1. The molecular formula is C13H18F2N2O2. The topological polar surface area (TPSA) is 64.4 Å². The van der Waals surface area contributed by atoms with Crippen molar-refractivity contribution in [1.29, 1.82) is 0 Å². The van der Waals surface area contributed by atoms with E-state index in [0.717, 1.165) is 6.42 Å². The van der Waals surface area contributed by atoms with Crippen LogP contribution in [-0.4, -0.2) is 18.6 Å². The number of hydrogen-bond acceptors (Lipinski definition) is 3. The van der Waals surface area contributed by atoms with Crippen molar-refractivity contribution in [2.45, 2.75) is 32.9 Å². The molecule has 0 saturated heterocycles. The van der Waals surface area contributed by atoms with E-state index in [9.17, 15) is 13.6 Å². The molecule has 6 heteroatoms. The van der Waals surface area contributed by atoms with Crippen LogP contribution in [0, 0.1) is 5.92 Å². The number of nitrogens with two attached hydrogens (primary N) is 1. The van der Waals surface area contributed by atoms with Gasteiger partial charge in [0.15, 0.2) is 0 Å². The van der Waals surface area contributed by atoms with Gasteiger partial charge in [-0.05, 0) is 30.2 Å². The van der Waals surface area contributed by atoms with E-state index in [-0.39, 0.29) is 17.6 Å². The molecule has 0 saturated carbocycles. The molecule has 0 aliphatic carbocycles. The number of hydrogen-bond donors (Lipinski definition) is 2. The molecule has 0 spiro atoms. The first-order valence-electron chi connectivity index (χ1n) is 6.05. The third-order valence-electron chi connectivity index (χ3n) is 2.91. The van der Waals surface area contributed by atoms with Crippen molar-refractivity contribution >= 4 is 11.6 Å². The predicted molar refractivity (Wildman–Crippen MR) is 69.1 cm³/mol. The molecule has 1 aromatic rings. The minimum atomic E-state index is -2.86. The molecule has 0 bridgehead atoms. The molecule has 0 radical (unpaired) electrons. The van der Waals surface area contributed by atoms with Crippen molar-refractivity contribution in [1.82, 2.24) is 0 Å². The van der Waals surface area contributed by atoms with Gasteiger partial charge in [0.2, 0.25) is 5.91 Å². The van der Waals surface area contributed by atoms with Crippen molar-refractivity contribution in [2.75, 3.05) is 5.32 Å².